The summed E-state index contributed by atoms with van der Waals surface area (Å²) in [4.78, 5) is 1.41. The molecule has 20 heavy (non-hydrogen) atoms. The predicted molar refractivity (Wildman–Crippen MR) is 82.6 cm³/mol. The molecule has 3 heteroatoms. The van der Waals surface area contributed by atoms with Crippen LogP contribution in [-0.4, -0.2) is 11.8 Å². The van der Waals surface area contributed by atoms with Crippen LogP contribution < -0.4 is 5.32 Å². The topological polar surface area (TPSA) is 12.0 Å². The second-order valence-electron chi connectivity index (χ2n) is 5.23. The molecule has 104 valence electrons. The molecule has 1 nitrogen and oxygen atoms in total. The highest BCUT2D eigenvalue weighted by atomic mass is 32.2. The molecule has 0 radical (unpaired) electrons. The van der Waals surface area contributed by atoms with E-state index in [2.05, 4.69) is 36.5 Å². The van der Waals surface area contributed by atoms with Crippen LogP contribution in [0.15, 0.2) is 53.4 Å². The average Bonchev–Trinajstić information content (AvgIpc) is 2.88. The molecule has 1 unspecified atom stereocenters. The molecule has 0 bridgehead atoms. The number of hydrogen-bond acceptors (Lipinski definition) is 2. The van der Waals surface area contributed by atoms with Gasteiger partial charge in [0.2, 0.25) is 0 Å². The molecule has 0 amide bonds. The third-order valence-corrected chi connectivity index (χ3v) is 5.05. The van der Waals surface area contributed by atoms with E-state index in [1.54, 1.807) is 0 Å². The van der Waals surface area contributed by atoms with Crippen molar-refractivity contribution in [3.8, 4) is 0 Å². The Morgan fingerprint density at radius 2 is 1.95 bits per heavy atom. The number of fused-ring (bicyclic) bond motifs is 1. The van der Waals surface area contributed by atoms with Crippen molar-refractivity contribution in [3.63, 3.8) is 0 Å². The predicted octanol–water partition coefficient (Wildman–Crippen LogP) is 4.19. The summed E-state index contributed by atoms with van der Waals surface area (Å²) >= 11 is 1.95. The quantitative estimate of drug-likeness (QED) is 0.904. The van der Waals surface area contributed by atoms with Gasteiger partial charge in [-0.1, -0.05) is 30.3 Å². The molecule has 1 aliphatic rings. The largest absolute Gasteiger partial charge is 0.309 e. The monoisotopic (exact) mass is 287 g/mol. The minimum atomic E-state index is -0.178. The van der Waals surface area contributed by atoms with Gasteiger partial charge in [0.05, 0.1) is 0 Å². The van der Waals surface area contributed by atoms with Crippen LogP contribution in [0.2, 0.25) is 0 Å². The molecular weight excluding hydrogens is 269 g/mol. The van der Waals surface area contributed by atoms with Gasteiger partial charge in [0.1, 0.15) is 5.82 Å². The zero-order chi connectivity index (χ0) is 13.9. The maximum absolute atomic E-state index is 12.9. The maximum Gasteiger partial charge on any atom is 0.123 e. The zero-order valence-corrected chi connectivity index (χ0v) is 12.3. The van der Waals surface area contributed by atoms with Crippen molar-refractivity contribution in [2.24, 2.45) is 0 Å². The fourth-order valence-corrected chi connectivity index (χ4v) is 3.81. The average molecular weight is 287 g/mol. The normalized spacial score (nSPS) is 18.8. The second kappa shape index (κ2) is 5.98. The number of rotatable bonds is 4. The zero-order valence-electron chi connectivity index (χ0n) is 11.5. The molecule has 1 aliphatic heterocycles. The molecule has 1 heterocycles. The number of nitrogens with one attached hydrogen (secondary N) is 1. The van der Waals surface area contributed by atoms with Gasteiger partial charge in [0.15, 0.2) is 0 Å². The molecule has 0 saturated heterocycles. The Bertz CT molecular complexity index is 557. The first kappa shape index (κ1) is 13.7. The molecule has 0 saturated carbocycles. The van der Waals surface area contributed by atoms with Gasteiger partial charge in [-0.05, 0) is 42.7 Å². The summed E-state index contributed by atoms with van der Waals surface area (Å²) in [5.74, 6) is -0.178. The van der Waals surface area contributed by atoms with E-state index in [1.807, 2.05) is 23.9 Å². The van der Waals surface area contributed by atoms with E-state index in [-0.39, 0.29) is 11.9 Å². The molecular formula is C17H18FNS. The highest BCUT2D eigenvalue weighted by Crippen LogP contribution is 2.36. The lowest BCUT2D eigenvalue weighted by atomic mass is 10.1. The standard InChI is InChI=1S/C17H18FNS/c1-12(13-6-8-15(18)9-7-13)19-11-16-10-14-4-2-3-5-17(14)20-16/h2-9,12,16,19H,10-11H2,1H3/t12-,16?/m0/s1. The van der Waals surface area contributed by atoms with Crippen molar-refractivity contribution in [2.75, 3.05) is 6.54 Å². The smallest absolute Gasteiger partial charge is 0.123 e. The molecule has 0 spiro atoms. The Kier molecular flexibility index (Phi) is 4.08. The van der Waals surface area contributed by atoms with Crippen molar-refractivity contribution in [1.29, 1.82) is 0 Å². The number of halogens is 1. The summed E-state index contributed by atoms with van der Waals surface area (Å²) in [5, 5.41) is 4.14. The minimum Gasteiger partial charge on any atom is -0.309 e. The van der Waals surface area contributed by atoms with Gasteiger partial charge in [0.25, 0.3) is 0 Å². The van der Waals surface area contributed by atoms with E-state index in [0.29, 0.717) is 5.25 Å². The van der Waals surface area contributed by atoms with E-state index >= 15 is 0 Å². The summed E-state index contributed by atoms with van der Waals surface area (Å²) in [6, 6.07) is 15.6. The van der Waals surface area contributed by atoms with Crippen LogP contribution in [0.3, 0.4) is 0 Å². The summed E-state index contributed by atoms with van der Waals surface area (Å²) in [5.41, 5.74) is 2.59. The Labute approximate surface area is 123 Å². The third kappa shape index (κ3) is 3.05. The molecule has 0 aliphatic carbocycles. The lowest BCUT2D eigenvalue weighted by molar-refractivity contribution is 0.564. The molecule has 2 aromatic carbocycles. The Hall–Kier alpha value is -1.32. The SMILES string of the molecule is C[C@H](NCC1Cc2ccccc2S1)c1ccc(F)cc1. The van der Waals surface area contributed by atoms with Gasteiger partial charge in [0, 0.05) is 22.7 Å². The first-order valence-electron chi connectivity index (χ1n) is 6.96. The van der Waals surface area contributed by atoms with E-state index in [9.17, 15) is 4.39 Å². The van der Waals surface area contributed by atoms with Crippen LogP contribution in [0.1, 0.15) is 24.1 Å². The van der Waals surface area contributed by atoms with Crippen LogP contribution in [0.4, 0.5) is 4.39 Å². The van der Waals surface area contributed by atoms with E-state index < -0.39 is 0 Å². The highest BCUT2D eigenvalue weighted by Gasteiger charge is 2.21. The number of thioether (sulfide) groups is 1. The first-order valence-corrected chi connectivity index (χ1v) is 7.84. The van der Waals surface area contributed by atoms with E-state index in [0.717, 1.165) is 18.5 Å². The van der Waals surface area contributed by atoms with E-state index in [1.165, 1.54) is 22.6 Å². The van der Waals surface area contributed by atoms with Crippen LogP contribution in [0, 0.1) is 5.82 Å². The van der Waals surface area contributed by atoms with Gasteiger partial charge in [-0.3, -0.25) is 0 Å². The lowest BCUT2D eigenvalue weighted by Gasteiger charge is -2.17. The lowest BCUT2D eigenvalue weighted by Crippen LogP contribution is -2.27. The summed E-state index contributed by atoms with van der Waals surface area (Å²) < 4.78 is 12.9. The van der Waals surface area contributed by atoms with Crippen LogP contribution >= 0.6 is 11.8 Å². The van der Waals surface area contributed by atoms with Gasteiger partial charge >= 0.3 is 0 Å². The maximum atomic E-state index is 12.9. The Morgan fingerprint density at radius 3 is 2.70 bits per heavy atom. The van der Waals surface area contributed by atoms with Crippen molar-refractivity contribution in [2.45, 2.75) is 29.5 Å². The highest BCUT2D eigenvalue weighted by molar-refractivity contribution is 8.00. The second-order valence-corrected chi connectivity index (χ2v) is 6.58. The fraction of sp³-hybridized carbons (Fsp3) is 0.294. The molecule has 2 aromatic rings. The van der Waals surface area contributed by atoms with Crippen molar-refractivity contribution >= 4 is 11.8 Å². The van der Waals surface area contributed by atoms with Crippen LogP contribution in [-0.2, 0) is 6.42 Å². The summed E-state index contributed by atoms with van der Waals surface area (Å²) in [6.45, 7) is 3.10. The van der Waals surface area contributed by atoms with Crippen LogP contribution in [0.5, 0.6) is 0 Å². The molecule has 1 N–H and O–H groups in total. The van der Waals surface area contributed by atoms with Crippen molar-refractivity contribution in [1.82, 2.24) is 5.32 Å². The van der Waals surface area contributed by atoms with Gasteiger partial charge in [-0.15, -0.1) is 11.8 Å². The Balaban J connectivity index is 1.55. The molecule has 0 fully saturated rings. The fourth-order valence-electron chi connectivity index (χ4n) is 2.55. The molecule has 3 rings (SSSR count). The summed E-state index contributed by atoms with van der Waals surface area (Å²) in [6.07, 6.45) is 1.13. The molecule has 2 atom stereocenters. The van der Waals surface area contributed by atoms with E-state index in [4.69, 9.17) is 0 Å². The van der Waals surface area contributed by atoms with Crippen molar-refractivity contribution < 1.29 is 4.39 Å². The Morgan fingerprint density at radius 1 is 1.20 bits per heavy atom. The number of hydrogen-bond donors (Lipinski definition) is 1. The molecule has 0 aromatic heterocycles. The van der Waals surface area contributed by atoms with Crippen LogP contribution in [0.25, 0.3) is 0 Å². The van der Waals surface area contributed by atoms with Crippen molar-refractivity contribution in [3.05, 3.63) is 65.5 Å². The van der Waals surface area contributed by atoms with Gasteiger partial charge in [-0.25, -0.2) is 4.39 Å². The minimum absolute atomic E-state index is 0.178. The summed E-state index contributed by atoms with van der Waals surface area (Å²) in [7, 11) is 0. The number of benzene rings is 2. The first-order chi connectivity index (χ1) is 9.72. The van der Waals surface area contributed by atoms with Gasteiger partial charge < -0.3 is 5.32 Å². The third-order valence-electron chi connectivity index (χ3n) is 3.74. The van der Waals surface area contributed by atoms with Gasteiger partial charge in [-0.2, -0.15) is 0 Å².